The Bertz CT molecular complexity index is 1010. The Labute approximate surface area is 234 Å². The number of fused-ring (bicyclic) bond motifs is 1. The summed E-state index contributed by atoms with van der Waals surface area (Å²) >= 11 is 0. The summed E-state index contributed by atoms with van der Waals surface area (Å²) in [6, 6.07) is 25.6. The molecule has 0 amide bonds. The summed E-state index contributed by atoms with van der Waals surface area (Å²) in [5.41, 5.74) is 4.53. The Morgan fingerprint density at radius 2 is 1.03 bits per heavy atom. The summed E-state index contributed by atoms with van der Waals surface area (Å²) in [6.45, 7) is 14.0. The second-order valence-electron chi connectivity index (χ2n) is 11.2. The van der Waals surface area contributed by atoms with Crippen LogP contribution in [0.15, 0.2) is 82.2 Å². The molecular formula is C33H46O3Si2. The quantitative estimate of drug-likeness (QED) is 0.247. The second kappa shape index (κ2) is 13.1. The lowest BCUT2D eigenvalue weighted by molar-refractivity contribution is -0.0267. The molecule has 1 fully saturated rings. The molecule has 5 heteroatoms. The zero-order chi connectivity index (χ0) is 27.2. The van der Waals surface area contributed by atoms with Crippen molar-refractivity contribution in [3.63, 3.8) is 0 Å². The van der Waals surface area contributed by atoms with Gasteiger partial charge in [0.2, 0.25) is 0 Å². The van der Waals surface area contributed by atoms with Crippen molar-refractivity contribution in [3.05, 3.63) is 93.3 Å². The highest BCUT2D eigenvalue weighted by Crippen LogP contribution is 2.57. The van der Waals surface area contributed by atoms with E-state index in [4.69, 9.17) is 9.47 Å². The van der Waals surface area contributed by atoms with Crippen LogP contribution in [0.2, 0.25) is 24.2 Å². The van der Waals surface area contributed by atoms with Gasteiger partial charge in [-0.2, -0.15) is 0 Å². The molecule has 2 aliphatic carbocycles. The first-order valence-corrected chi connectivity index (χ1v) is 18.3. The topological polar surface area (TPSA) is 38.7 Å². The molecule has 2 radical (unpaired) electrons. The highest BCUT2D eigenvalue weighted by molar-refractivity contribution is 6.71. The molecule has 0 saturated heterocycles. The molecule has 2 aliphatic rings. The molecule has 3 nitrogen and oxygen atoms in total. The maximum absolute atomic E-state index is 12.2. The number of hydrogen-bond acceptors (Lipinski definition) is 3. The average Bonchev–Trinajstić information content (AvgIpc) is 3.37. The number of hydrogen-bond donors (Lipinski definition) is 1. The van der Waals surface area contributed by atoms with E-state index in [0.717, 1.165) is 12.8 Å². The maximum atomic E-state index is 12.2. The van der Waals surface area contributed by atoms with E-state index >= 15 is 0 Å². The molecule has 0 aromatic heterocycles. The number of ether oxygens (including phenoxy) is 2. The molecule has 0 unspecified atom stereocenters. The molecule has 38 heavy (non-hydrogen) atoms. The first-order valence-electron chi connectivity index (χ1n) is 14.5. The standard InChI is InChI=1S/C33H46O3Si2/c1-6-37(7-2)30-28-20-33(24-35-22-26-16-12-10-13-17-26,25-36-23-27-18-14-11-15-19-27)21-29(28)31(32(30,5)34)38(8-3)9-4/h10-19,34H,6-9,20-25H2,1-5H3. The van der Waals surface area contributed by atoms with Crippen molar-refractivity contribution >= 4 is 17.6 Å². The van der Waals surface area contributed by atoms with E-state index in [1.54, 1.807) is 0 Å². The predicted molar refractivity (Wildman–Crippen MR) is 162 cm³/mol. The van der Waals surface area contributed by atoms with Crippen molar-refractivity contribution in [3.8, 4) is 0 Å². The van der Waals surface area contributed by atoms with Crippen molar-refractivity contribution in [2.45, 2.75) is 90.5 Å². The molecular weight excluding hydrogens is 501 g/mol. The molecule has 0 spiro atoms. The molecule has 0 bridgehead atoms. The zero-order valence-electron chi connectivity index (χ0n) is 24.1. The van der Waals surface area contributed by atoms with Gasteiger partial charge in [0, 0.05) is 5.41 Å². The highest BCUT2D eigenvalue weighted by Gasteiger charge is 2.53. The van der Waals surface area contributed by atoms with E-state index in [9.17, 15) is 5.11 Å². The lowest BCUT2D eigenvalue weighted by Gasteiger charge is -2.36. The van der Waals surface area contributed by atoms with E-state index in [2.05, 4.69) is 95.3 Å². The Balaban J connectivity index is 1.67. The van der Waals surface area contributed by atoms with Crippen molar-refractivity contribution in [1.29, 1.82) is 0 Å². The Morgan fingerprint density at radius 3 is 1.37 bits per heavy atom. The van der Waals surface area contributed by atoms with E-state index in [1.165, 1.54) is 56.8 Å². The van der Waals surface area contributed by atoms with Crippen LogP contribution in [0.5, 0.6) is 0 Å². The van der Waals surface area contributed by atoms with Crippen LogP contribution in [-0.2, 0) is 22.7 Å². The van der Waals surface area contributed by atoms with Crippen LogP contribution in [0, 0.1) is 5.41 Å². The predicted octanol–water partition coefficient (Wildman–Crippen LogP) is 7.71. The van der Waals surface area contributed by atoms with E-state index in [-0.39, 0.29) is 5.41 Å². The first kappa shape index (κ1) is 29.2. The van der Waals surface area contributed by atoms with E-state index in [1.807, 2.05) is 0 Å². The molecule has 0 atom stereocenters. The fourth-order valence-electron chi connectivity index (χ4n) is 6.70. The lowest BCUT2D eigenvalue weighted by atomic mass is 9.86. The summed E-state index contributed by atoms with van der Waals surface area (Å²) in [7, 11) is -1.59. The monoisotopic (exact) mass is 546 g/mol. The normalized spacial score (nSPS) is 18.2. The number of allylic oxidation sites excluding steroid dienone is 2. The molecule has 2 aromatic carbocycles. The van der Waals surface area contributed by atoms with E-state index < -0.39 is 23.2 Å². The largest absolute Gasteiger partial charge is 0.382 e. The Morgan fingerprint density at radius 1 is 0.658 bits per heavy atom. The minimum Gasteiger partial charge on any atom is -0.382 e. The average molecular weight is 547 g/mol. The Hall–Kier alpha value is -1.77. The zero-order valence-corrected chi connectivity index (χ0v) is 26.1. The number of aliphatic hydroxyl groups is 1. The molecule has 1 N–H and O–H groups in total. The van der Waals surface area contributed by atoms with Crippen LogP contribution >= 0.6 is 0 Å². The van der Waals surface area contributed by atoms with Gasteiger partial charge in [0.15, 0.2) is 0 Å². The summed E-state index contributed by atoms with van der Waals surface area (Å²) in [5, 5.41) is 15.0. The van der Waals surface area contributed by atoms with Crippen molar-refractivity contribution in [1.82, 2.24) is 0 Å². The summed E-state index contributed by atoms with van der Waals surface area (Å²) < 4.78 is 12.9. The van der Waals surface area contributed by atoms with Crippen LogP contribution in [0.1, 0.15) is 58.6 Å². The van der Waals surface area contributed by atoms with Gasteiger partial charge >= 0.3 is 0 Å². The maximum Gasteiger partial charge on any atom is 0.0976 e. The minimum atomic E-state index is -0.794. The third-order valence-electron chi connectivity index (χ3n) is 8.50. The number of rotatable bonds is 14. The van der Waals surface area contributed by atoms with Gasteiger partial charge in [-0.1, -0.05) is 113 Å². The van der Waals surface area contributed by atoms with Crippen molar-refractivity contribution in [2.24, 2.45) is 5.41 Å². The van der Waals surface area contributed by atoms with Gasteiger partial charge in [0.1, 0.15) is 0 Å². The third kappa shape index (κ3) is 6.18. The van der Waals surface area contributed by atoms with Gasteiger partial charge in [0.05, 0.1) is 49.6 Å². The van der Waals surface area contributed by atoms with E-state index in [0.29, 0.717) is 26.4 Å². The summed E-state index contributed by atoms with van der Waals surface area (Å²) in [5.74, 6) is 0. The molecule has 0 heterocycles. The molecule has 0 aliphatic heterocycles. The van der Waals surface area contributed by atoms with Crippen LogP contribution < -0.4 is 0 Å². The fourth-order valence-corrected chi connectivity index (χ4v) is 12.2. The van der Waals surface area contributed by atoms with Crippen LogP contribution in [0.4, 0.5) is 0 Å². The van der Waals surface area contributed by atoms with Gasteiger partial charge in [-0.15, -0.1) is 0 Å². The van der Waals surface area contributed by atoms with Crippen LogP contribution in [0.3, 0.4) is 0 Å². The first-order chi connectivity index (χ1) is 18.4. The highest BCUT2D eigenvalue weighted by atomic mass is 28.3. The molecule has 4 rings (SSSR count). The lowest BCUT2D eigenvalue weighted by Crippen LogP contribution is -2.41. The minimum absolute atomic E-state index is 0.0931. The van der Waals surface area contributed by atoms with Crippen molar-refractivity contribution in [2.75, 3.05) is 13.2 Å². The van der Waals surface area contributed by atoms with Gasteiger partial charge in [0.25, 0.3) is 0 Å². The summed E-state index contributed by atoms with van der Waals surface area (Å²) in [4.78, 5) is 0. The molecule has 2 aromatic rings. The van der Waals surface area contributed by atoms with Crippen LogP contribution in [-0.4, -0.2) is 41.5 Å². The van der Waals surface area contributed by atoms with Gasteiger partial charge in [-0.25, -0.2) is 0 Å². The number of benzene rings is 2. The van der Waals surface area contributed by atoms with Gasteiger partial charge in [-0.05, 0) is 52.4 Å². The molecule has 204 valence electrons. The Kier molecular flexibility index (Phi) is 10.0. The van der Waals surface area contributed by atoms with Gasteiger partial charge in [-0.3, -0.25) is 0 Å². The molecule has 1 saturated carbocycles. The van der Waals surface area contributed by atoms with Crippen LogP contribution in [0.25, 0.3) is 0 Å². The summed E-state index contributed by atoms with van der Waals surface area (Å²) in [6.07, 6.45) is 1.91. The third-order valence-corrected chi connectivity index (χ3v) is 14.9. The fraction of sp³-hybridized carbons (Fsp3) is 0.515. The SMILES string of the molecule is CC[Si](CC)C1=C2CC(COCc3ccccc3)(COCc3ccccc3)CC2=C([Si](CC)CC)C1(C)O. The second-order valence-corrected chi connectivity index (χ2v) is 17.5. The smallest absolute Gasteiger partial charge is 0.0976 e. The van der Waals surface area contributed by atoms with Crippen molar-refractivity contribution < 1.29 is 14.6 Å². The van der Waals surface area contributed by atoms with Gasteiger partial charge < -0.3 is 14.6 Å².